The molecule has 1 heterocycles. The number of hydrogen-bond acceptors (Lipinski definition) is 15. The van der Waals surface area contributed by atoms with Gasteiger partial charge in [-0.15, -0.1) is 0 Å². The number of amides is 9. The Balaban J connectivity index is 3.81. The van der Waals surface area contributed by atoms with Crippen molar-refractivity contribution in [1.82, 2.24) is 42.5 Å². The molecule has 0 aromatic rings. The number of carboxylic acids is 1. The molecular weight excluding hydrogens is 754 g/mol. The van der Waals surface area contributed by atoms with Crippen molar-refractivity contribution in [3.63, 3.8) is 0 Å². The number of rotatable bonds is 10. The quantitative estimate of drug-likeness (QED) is 0.0720. The van der Waals surface area contributed by atoms with Crippen molar-refractivity contribution in [1.29, 1.82) is 0 Å². The van der Waals surface area contributed by atoms with Gasteiger partial charge in [0.15, 0.2) is 6.10 Å². The summed E-state index contributed by atoms with van der Waals surface area (Å²) >= 11 is 0. The van der Waals surface area contributed by atoms with E-state index in [9.17, 15) is 78.6 Å². The van der Waals surface area contributed by atoms with Crippen molar-refractivity contribution in [2.45, 2.75) is 95.3 Å². The zero-order valence-electron chi connectivity index (χ0n) is 30.9. The number of carbonyl (C=O) groups is 10. The maximum absolute atomic E-state index is 13.5. The number of nitrogens with two attached hydrogens (primary N) is 1. The van der Waals surface area contributed by atoms with Gasteiger partial charge in [-0.05, 0) is 26.7 Å². The molecule has 56 heavy (non-hydrogen) atoms. The average Bonchev–Trinajstić information content (AvgIpc) is 3.13. The van der Waals surface area contributed by atoms with Crippen LogP contribution >= 0.6 is 0 Å². The minimum absolute atomic E-state index is 0.147. The Labute approximate surface area is 318 Å². The number of aliphatic hydroxyl groups is 5. The first-order chi connectivity index (χ1) is 26.0. The number of nitrogens with one attached hydrogen (secondary N) is 8. The summed E-state index contributed by atoms with van der Waals surface area (Å²) in [7, 11) is 0. The lowest BCUT2D eigenvalue weighted by atomic mass is 9.99. The molecule has 1 rings (SSSR count). The van der Waals surface area contributed by atoms with E-state index in [2.05, 4.69) is 16.0 Å². The fourth-order valence-electron chi connectivity index (χ4n) is 4.61. The molecule has 0 bridgehead atoms. The second-order valence-corrected chi connectivity index (χ2v) is 12.8. The van der Waals surface area contributed by atoms with Crippen LogP contribution in [0.3, 0.4) is 0 Å². The highest BCUT2D eigenvalue weighted by Crippen LogP contribution is 2.08. The van der Waals surface area contributed by atoms with E-state index in [1.165, 1.54) is 33.8 Å². The number of primary amides is 1. The highest BCUT2D eigenvalue weighted by molar-refractivity contribution is 6.06. The summed E-state index contributed by atoms with van der Waals surface area (Å²) in [5.74, 6) is -15.1. The van der Waals surface area contributed by atoms with E-state index in [1.54, 1.807) is 5.32 Å². The van der Waals surface area contributed by atoms with Gasteiger partial charge in [-0.25, -0.2) is 4.79 Å². The molecule has 10 unspecified atom stereocenters. The molecule has 1 aliphatic heterocycles. The van der Waals surface area contributed by atoms with Crippen LogP contribution < -0.4 is 48.3 Å². The zero-order chi connectivity index (χ0) is 43.2. The summed E-state index contributed by atoms with van der Waals surface area (Å²) < 4.78 is 0. The van der Waals surface area contributed by atoms with Crippen LogP contribution in [0.5, 0.6) is 0 Å². The lowest BCUT2D eigenvalue weighted by Gasteiger charge is -2.31. The van der Waals surface area contributed by atoms with Crippen LogP contribution in [0.15, 0.2) is 11.6 Å². The van der Waals surface area contributed by atoms with Crippen LogP contribution in [-0.2, 0) is 47.9 Å². The van der Waals surface area contributed by atoms with Crippen LogP contribution in [0.4, 0.5) is 0 Å². The van der Waals surface area contributed by atoms with Crippen LogP contribution in [0.25, 0.3) is 0 Å². The predicted octanol–water partition coefficient (Wildman–Crippen LogP) is -9.21. The molecule has 314 valence electrons. The third-order valence-electron chi connectivity index (χ3n) is 8.12. The van der Waals surface area contributed by atoms with E-state index in [1.807, 2.05) is 21.3 Å². The van der Waals surface area contributed by atoms with Gasteiger partial charge in [0.05, 0.1) is 19.3 Å². The molecule has 0 aliphatic carbocycles. The smallest absolute Gasteiger partial charge is 0.336 e. The van der Waals surface area contributed by atoms with Crippen LogP contribution in [-0.4, -0.2) is 170 Å². The normalized spacial score (nSPS) is 27.2. The molecule has 1 aliphatic rings. The van der Waals surface area contributed by atoms with Crippen LogP contribution in [0.1, 0.15) is 34.6 Å². The van der Waals surface area contributed by atoms with Crippen LogP contribution in [0, 0.1) is 5.92 Å². The van der Waals surface area contributed by atoms with Gasteiger partial charge in [0, 0.05) is 12.1 Å². The molecule has 0 spiro atoms. The summed E-state index contributed by atoms with van der Waals surface area (Å²) in [6.07, 6.45) is -7.76. The fourth-order valence-corrected chi connectivity index (χ4v) is 4.61. The molecule has 10 atom stereocenters. The first-order valence-electron chi connectivity index (χ1n) is 16.8. The average molecular weight is 804 g/mol. The summed E-state index contributed by atoms with van der Waals surface area (Å²) in [5, 5.41) is 77.4. The maximum atomic E-state index is 13.5. The number of carboxylic acid groups (broad SMARTS) is 1. The van der Waals surface area contributed by atoms with E-state index in [4.69, 9.17) is 5.73 Å². The van der Waals surface area contributed by atoms with Gasteiger partial charge in [-0.2, -0.15) is 0 Å². The van der Waals surface area contributed by atoms with Gasteiger partial charge < -0.3 is 78.9 Å². The van der Waals surface area contributed by atoms with Crippen molar-refractivity contribution in [2.24, 2.45) is 11.7 Å². The molecule has 25 heteroatoms. The Morgan fingerprint density at radius 1 is 0.768 bits per heavy atom. The fraction of sp³-hybridized carbons (Fsp3) is 0.613. The Bertz CT molecular complexity index is 1550. The van der Waals surface area contributed by atoms with Crippen molar-refractivity contribution in [3.8, 4) is 0 Å². The Morgan fingerprint density at radius 2 is 1.29 bits per heavy atom. The van der Waals surface area contributed by atoms with E-state index in [0.717, 1.165) is 6.92 Å². The zero-order valence-corrected chi connectivity index (χ0v) is 30.9. The van der Waals surface area contributed by atoms with Crippen molar-refractivity contribution < 1.29 is 78.6 Å². The van der Waals surface area contributed by atoms with Gasteiger partial charge >= 0.3 is 5.97 Å². The first-order valence-corrected chi connectivity index (χ1v) is 16.8. The highest BCUT2D eigenvalue weighted by Gasteiger charge is 2.41. The van der Waals surface area contributed by atoms with Gasteiger partial charge in [0.2, 0.25) is 47.4 Å². The minimum Gasteiger partial charge on any atom is -0.479 e. The predicted molar refractivity (Wildman–Crippen MR) is 185 cm³/mol. The molecule has 0 aromatic heterocycles. The number of carbonyl (C=O) groups excluding carboxylic acids is 9. The lowest BCUT2D eigenvalue weighted by Crippen LogP contribution is -2.66. The Kier molecular flexibility index (Phi) is 18.9. The largest absolute Gasteiger partial charge is 0.479 e. The van der Waals surface area contributed by atoms with Gasteiger partial charge in [0.1, 0.15) is 42.4 Å². The minimum atomic E-state index is -2.53. The van der Waals surface area contributed by atoms with E-state index in [0.29, 0.717) is 0 Å². The number of β-amino-alcohol motifs (C(OH)–C–C–N with tert-alkyl or cyclic N) is 1. The first kappa shape index (κ1) is 48.3. The summed E-state index contributed by atoms with van der Waals surface area (Å²) in [6.45, 7) is 3.67. The highest BCUT2D eigenvalue weighted by atomic mass is 16.4. The maximum Gasteiger partial charge on any atom is 0.336 e. The number of aliphatic carboxylic acids is 1. The second kappa shape index (κ2) is 22.0. The molecule has 9 amide bonds. The standard InChI is InChI=1S/C31H49N9O16/c1-6-11(4)23(47)33-7-13-24(48)36-14(9-41)25(49)37-16(10(2)3)28(52)39-18(20(44)21(45)22(32)46)29(53)38-17(12(5)42)27(51)34-8-15(43)26(50)40-19(31(55)56)30(54)35-13/h6,10,12-21,41-45H,7-9H2,1-5H3,(H2,32,46)(H,33,47)(H,34,51)(H,35,54)(H,36,48)(H,37,49)(H,38,53)(H,39,52)(H,40,50)(H,55,56)/b11-6-. The second-order valence-electron chi connectivity index (χ2n) is 12.8. The number of aliphatic hydroxyl groups excluding tert-OH is 5. The summed E-state index contributed by atoms with van der Waals surface area (Å²) in [4.78, 5) is 129. The van der Waals surface area contributed by atoms with E-state index < -0.39 is 145 Å². The SMILES string of the molecule is C/C=C(/C)C(=O)NCC1NC(=O)C(C(=O)O)NC(=O)C(O)CNC(=O)C(C(C)O)NC(=O)C(C(O)C(O)C(N)=O)NC(=O)C(C(C)C)NC(=O)C(CO)NC1=O. The summed E-state index contributed by atoms with van der Waals surface area (Å²) in [6, 6.07) is -12.4. The molecule has 0 saturated carbocycles. The molecular formula is C31H49N9O16. The molecule has 0 aromatic carbocycles. The van der Waals surface area contributed by atoms with E-state index in [-0.39, 0.29) is 5.57 Å². The summed E-state index contributed by atoms with van der Waals surface area (Å²) in [5.41, 5.74) is 5.19. The Morgan fingerprint density at radius 3 is 1.79 bits per heavy atom. The molecule has 0 radical (unpaired) electrons. The number of allylic oxidation sites excluding steroid dienone is 1. The van der Waals surface area contributed by atoms with E-state index >= 15 is 0 Å². The van der Waals surface area contributed by atoms with Crippen molar-refractivity contribution >= 4 is 59.1 Å². The molecule has 1 fully saturated rings. The van der Waals surface area contributed by atoms with Crippen molar-refractivity contribution in [2.75, 3.05) is 19.7 Å². The Hall–Kier alpha value is -5.76. The third-order valence-corrected chi connectivity index (χ3v) is 8.12. The number of hydrogen-bond donors (Lipinski definition) is 15. The molecule has 1 saturated heterocycles. The van der Waals surface area contributed by atoms with Gasteiger partial charge in [0.25, 0.3) is 11.8 Å². The van der Waals surface area contributed by atoms with Crippen molar-refractivity contribution in [3.05, 3.63) is 11.6 Å². The third kappa shape index (κ3) is 13.8. The molecule has 25 nitrogen and oxygen atoms in total. The lowest BCUT2D eigenvalue weighted by molar-refractivity contribution is -0.148. The van der Waals surface area contributed by atoms with Gasteiger partial charge in [-0.3, -0.25) is 43.2 Å². The topological polar surface area (TPSA) is 414 Å². The van der Waals surface area contributed by atoms with Gasteiger partial charge in [-0.1, -0.05) is 19.9 Å². The monoisotopic (exact) mass is 803 g/mol. The molecule has 16 N–H and O–H groups in total. The van der Waals surface area contributed by atoms with Crippen LogP contribution in [0.2, 0.25) is 0 Å².